The number of benzene rings is 5. The number of carbonyl (C=O) groups is 2. The average molecular weight is 686 g/mol. The van der Waals surface area contributed by atoms with Crippen LogP contribution in [-0.2, 0) is 17.9 Å². The predicted molar refractivity (Wildman–Crippen MR) is 205 cm³/mol. The molecule has 5 aromatic carbocycles. The molecule has 0 unspecified atom stereocenters. The molecule has 248 valence electrons. The smallest absolute Gasteiger partial charge is 0.326 e. The summed E-state index contributed by atoms with van der Waals surface area (Å²) in [6.07, 6.45) is 2.28. The van der Waals surface area contributed by atoms with E-state index in [2.05, 4.69) is 89.9 Å². The third-order valence-electron chi connectivity index (χ3n) is 8.59. The monoisotopic (exact) mass is 685 g/mol. The van der Waals surface area contributed by atoms with E-state index in [4.69, 9.17) is 4.98 Å². The second kappa shape index (κ2) is 15.5. The van der Waals surface area contributed by atoms with Crippen molar-refractivity contribution in [3.05, 3.63) is 143 Å². The summed E-state index contributed by atoms with van der Waals surface area (Å²) in [5, 5.41) is 13.6. The van der Waals surface area contributed by atoms with Crippen LogP contribution >= 0.6 is 23.1 Å². The number of anilines is 1. The maximum absolute atomic E-state index is 13.7. The van der Waals surface area contributed by atoms with E-state index in [0.29, 0.717) is 30.8 Å². The highest BCUT2D eigenvalue weighted by Crippen LogP contribution is 2.33. The third-order valence-corrected chi connectivity index (χ3v) is 10.3. The minimum atomic E-state index is -1.03. The molecule has 1 aromatic heterocycles. The van der Waals surface area contributed by atoms with Crippen molar-refractivity contribution in [2.75, 3.05) is 16.9 Å². The van der Waals surface area contributed by atoms with E-state index in [1.165, 1.54) is 15.8 Å². The number of hydrogen-bond donors (Lipinski definition) is 2. The Labute approximate surface area is 295 Å². The zero-order chi connectivity index (χ0) is 34.3. The first-order chi connectivity index (χ1) is 23.8. The molecule has 8 heteroatoms. The molecule has 6 aromatic rings. The van der Waals surface area contributed by atoms with Gasteiger partial charge in [-0.3, -0.25) is 4.79 Å². The lowest BCUT2D eigenvalue weighted by atomic mass is 9.93. The number of aryl methyl sites for hydroxylation is 2. The summed E-state index contributed by atoms with van der Waals surface area (Å²) in [5.41, 5.74) is 9.83. The number of carboxylic acids is 1. The van der Waals surface area contributed by atoms with Gasteiger partial charge in [-0.2, -0.15) is 11.8 Å². The number of aliphatic carboxylic acids is 1. The second-order valence-corrected chi connectivity index (χ2v) is 14.2. The molecule has 1 atom stereocenters. The fourth-order valence-electron chi connectivity index (χ4n) is 5.95. The molecule has 0 spiro atoms. The highest BCUT2D eigenvalue weighted by Gasteiger charge is 2.23. The van der Waals surface area contributed by atoms with Gasteiger partial charge in [0.2, 0.25) is 0 Å². The Morgan fingerprint density at radius 2 is 1.57 bits per heavy atom. The van der Waals surface area contributed by atoms with Crippen LogP contribution in [0.5, 0.6) is 0 Å². The average Bonchev–Trinajstić information content (AvgIpc) is 3.53. The van der Waals surface area contributed by atoms with Crippen LogP contribution in [0, 0.1) is 13.8 Å². The van der Waals surface area contributed by atoms with E-state index < -0.39 is 12.0 Å². The normalized spacial score (nSPS) is 11.7. The van der Waals surface area contributed by atoms with Crippen LogP contribution in [0.3, 0.4) is 0 Å². The van der Waals surface area contributed by atoms with Crippen molar-refractivity contribution in [2.24, 2.45) is 0 Å². The van der Waals surface area contributed by atoms with Crippen LogP contribution < -0.4 is 10.2 Å². The first-order valence-corrected chi connectivity index (χ1v) is 18.5. The molecule has 0 aliphatic heterocycles. The number of hydrogen-bond acceptors (Lipinski definition) is 6. The van der Waals surface area contributed by atoms with Gasteiger partial charge in [-0.25, -0.2) is 9.78 Å². The van der Waals surface area contributed by atoms with E-state index >= 15 is 0 Å². The van der Waals surface area contributed by atoms with Gasteiger partial charge in [-0.15, -0.1) is 11.3 Å². The maximum Gasteiger partial charge on any atom is 0.326 e. The number of amides is 1. The molecule has 0 saturated carbocycles. The Hall–Kier alpha value is -4.92. The number of thioether (sulfide) groups is 1. The summed E-state index contributed by atoms with van der Waals surface area (Å²) in [7, 11) is 0. The fourth-order valence-corrected chi connectivity index (χ4v) is 7.49. The minimum Gasteiger partial charge on any atom is -0.480 e. The number of carbonyl (C=O) groups excluding carboxylic acids is 1. The van der Waals surface area contributed by atoms with Crippen LogP contribution in [0.1, 0.15) is 39.0 Å². The SMILES string of the molecule is CSCC[C@H](NC(=O)c1ccc(CN(Cc2ccccc2)c2ccc(-c3nc4ccc(C)cc4s3)cc2)cc1-c1ccccc1C)C(=O)O. The molecule has 0 saturated heterocycles. The zero-order valence-electron chi connectivity index (χ0n) is 27.9. The van der Waals surface area contributed by atoms with Gasteiger partial charge in [-0.1, -0.05) is 66.7 Å². The highest BCUT2D eigenvalue weighted by molar-refractivity contribution is 7.98. The van der Waals surface area contributed by atoms with Crippen LogP contribution in [0.2, 0.25) is 0 Å². The van der Waals surface area contributed by atoms with Gasteiger partial charge < -0.3 is 15.3 Å². The molecule has 2 N–H and O–H groups in total. The van der Waals surface area contributed by atoms with Gasteiger partial charge in [0, 0.05) is 29.9 Å². The van der Waals surface area contributed by atoms with Crippen molar-refractivity contribution in [1.29, 1.82) is 0 Å². The molecular formula is C41H39N3O3S2. The Bertz CT molecular complexity index is 2080. The van der Waals surface area contributed by atoms with Crippen molar-refractivity contribution in [2.45, 2.75) is 39.4 Å². The first-order valence-electron chi connectivity index (χ1n) is 16.3. The first kappa shape index (κ1) is 34.0. The molecule has 0 fully saturated rings. The van der Waals surface area contributed by atoms with Crippen molar-refractivity contribution in [1.82, 2.24) is 10.3 Å². The number of nitrogens with zero attached hydrogens (tertiary/aromatic N) is 2. The Morgan fingerprint density at radius 3 is 2.31 bits per heavy atom. The van der Waals surface area contributed by atoms with Crippen molar-refractivity contribution in [3.63, 3.8) is 0 Å². The lowest BCUT2D eigenvalue weighted by Gasteiger charge is -2.26. The quantitative estimate of drug-likeness (QED) is 0.126. The molecule has 0 bridgehead atoms. The van der Waals surface area contributed by atoms with Crippen LogP contribution in [0.15, 0.2) is 115 Å². The van der Waals surface area contributed by atoms with Crippen molar-refractivity contribution >= 4 is 50.9 Å². The summed E-state index contributed by atoms with van der Waals surface area (Å²) in [4.78, 5) is 32.8. The molecule has 49 heavy (non-hydrogen) atoms. The number of thiazole rings is 1. The van der Waals surface area contributed by atoms with Crippen LogP contribution in [-0.4, -0.2) is 40.0 Å². The largest absolute Gasteiger partial charge is 0.480 e. The van der Waals surface area contributed by atoms with Crippen LogP contribution in [0.4, 0.5) is 5.69 Å². The topological polar surface area (TPSA) is 82.5 Å². The second-order valence-electron chi connectivity index (χ2n) is 12.2. The molecule has 1 amide bonds. The third kappa shape index (κ3) is 8.21. The van der Waals surface area contributed by atoms with E-state index in [-0.39, 0.29) is 5.91 Å². The van der Waals surface area contributed by atoms with Gasteiger partial charge in [0.15, 0.2) is 0 Å². The molecular weight excluding hydrogens is 647 g/mol. The summed E-state index contributed by atoms with van der Waals surface area (Å²) in [5.74, 6) is -0.781. The van der Waals surface area contributed by atoms with E-state index in [1.54, 1.807) is 23.1 Å². The number of rotatable bonds is 13. The molecule has 6 nitrogen and oxygen atoms in total. The van der Waals surface area contributed by atoms with Crippen molar-refractivity contribution in [3.8, 4) is 21.7 Å². The van der Waals surface area contributed by atoms with Gasteiger partial charge in [0.05, 0.1) is 10.2 Å². The molecule has 0 aliphatic rings. The van der Waals surface area contributed by atoms with Gasteiger partial charge in [0.25, 0.3) is 5.91 Å². The predicted octanol–water partition coefficient (Wildman–Crippen LogP) is 9.39. The maximum atomic E-state index is 13.7. The van der Waals surface area contributed by atoms with E-state index in [9.17, 15) is 14.7 Å². The lowest BCUT2D eigenvalue weighted by molar-refractivity contribution is -0.139. The highest BCUT2D eigenvalue weighted by atomic mass is 32.2. The summed E-state index contributed by atoms with van der Waals surface area (Å²) >= 11 is 3.26. The molecule has 1 heterocycles. The van der Waals surface area contributed by atoms with Gasteiger partial charge >= 0.3 is 5.97 Å². The molecule has 0 aliphatic carbocycles. The fraction of sp³-hybridized carbons (Fsp3) is 0.195. The summed E-state index contributed by atoms with van der Waals surface area (Å²) < 4.78 is 1.19. The Kier molecular flexibility index (Phi) is 10.8. The lowest BCUT2D eigenvalue weighted by Crippen LogP contribution is -2.41. The Morgan fingerprint density at radius 1 is 0.837 bits per heavy atom. The van der Waals surface area contributed by atoms with Gasteiger partial charge in [0.1, 0.15) is 11.0 Å². The van der Waals surface area contributed by atoms with Crippen molar-refractivity contribution < 1.29 is 14.7 Å². The number of nitrogens with one attached hydrogen (secondary N) is 1. The van der Waals surface area contributed by atoms with Crippen LogP contribution in [0.25, 0.3) is 31.9 Å². The molecule has 6 rings (SSSR count). The van der Waals surface area contributed by atoms with E-state index in [1.807, 2.05) is 55.6 Å². The minimum absolute atomic E-state index is 0.353. The summed E-state index contributed by atoms with van der Waals surface area (Å²) in [6, 6.07) is 38.2. The van der Waals surface area contributed by atoms with Gasteiger partial charge in [-0.05, 0) is 114 Å². The number of fused-ring (bicyclic) bond motifs is 1. The summed E-state index contributed by atoms with van der Waals surface area (Å²) in [6.45, 7) is 5.42. The van der Waals surface area contributed by atoms with E-state index in [0.717, 1.165) is 44.0 Å². The standard InChI is InChI=1S/C41H39N3O3S2/c1-27-13-20-36-38(23-27)49-40(43-36)31-15-17-32(18-16-31)44(25-29-10-5-4-6-11-29)26-30-14-19-34(35(24-30)33-12-8-7-9-28(33)2)39(45)42-37(41(46)47)21-22-48-3/h4-20,23-24,37H,21-22,25-26H2,1-3H3,(H,42,45)(H,46,47)/t37-/m0/s1. The Balaban J connectivity index is 1.33. The molecule has 0 radical (unpaired) electrons. The zero-order valence-corrected chi connectivity index (χ0v) is 29.5. The number of aromatic nitrogens is 1. The number of carboxylic acid groups (broad SMARTS) is 1.